The number of hydrogen-bond donors (Lipinski definition) is 2. The summed E-state index contributed by atoms with van der Waals surface area (Å²) >= 11 is 0. The summed E-state index contributed by atoms with van der Waals surface area (Å²) in [6.07, 6.45) is 2.65. The average Bonchev–Trinajstić information content (AvgIpc) is 2.24. The van der Waals surface area contributed by atoms with Crippen LogP contribution in [0.1, 0.15) is 26.7 Å². The molecule has 1 saturated heterocycles. The summed E-state index contributed by atoms with van der Waals surface area (Å²) in [4.78, 5) is 2.57. The third-order valence-electron chi connectivity index (χ3n) is 2.84. The molecule has 1 fully saturated rings. The van der Waals surface area contributed by atoms with Crippen LogP contribution in [0.15, 0.2) is 0 Å². The van der Waals surface area contributed by atoms with Crippen molar-refractivity contribution in [1.82, 2.24) is 15.5 Å². The van der Waals surface area contributed by atoms with Crippen molar-refractivity contribution < 1.29 is 0 Å². The highest BCUT2D eigenvalue weighted by molar-refractivity contribution is 4.67. The van der Waals surface area contributed by atoms with Gasteiger partial charge in [-0.05, 0) is 38.4 Å². The molecule has 0 bridgehead atoms. The number of unbranched alkanes of at least 4 members (excludes halogenated alkanes) is 1. The van der Waals surface area contributed by atoms with Crippen molar-refractivity contribution in [2.24, 2.45) is 5.92 Å². The SMILES string of the molecule is CC(C)CNCCCCN1CCNCC1. The normalized spacial score (nSPS) is 18.6. The monoisotopic (exact) mass is 213 g/mol. The molecule has 1 aliphatic heterocycles. The quantitative estimate of drug-likeness (QED) is 0.616. The van der Waals surface area contributed by atoms with Gasteiger partial charge >= 0.3 is 0 Å². The fourth-order valence-corrected chi connectivity index (χ4v) is 1.91. The Kier molecular flexibility index (Phi) is 6.98. The second-order valence-corrected chi connectivity index (χ2v) is 4.90. The molecular formula is C12H27N3. The number of hydrogen-bond acceptors (Lipinski definition) is 3. The first kappa shape index (κ1) is 12.9. The van der Waals surface area contributed by atoms with E-state index in [0.29, 0.717) is 0 Å². The maximum atomic E-state index is 3.49. The highest BCUT2D eigenvalue weighted by Gasteiger charge is 2.07. The van der Waals surface area contributed by atoms with Gasteiger partial charge in [-0.25, -0.2) is 0 Å². The molecule has 15 heavy (non-hydrogen) atoms. The lowest BCUT2D eigenvalue weighted by molar-refractivity contribution is 0.236. The van der Waals surface area contributed by atoms with Crippen LogP contribution in [-0.4, -0.2) is 50.7 Å². The van der Waals surface area contributed by atoms with E-state index in [1.165, 1.54) is 52.1 Å². The third kappa shape index (κ3) is 6.88. The van der Waals surface area contributed by atoms with Crippen molar-refractivity contribution >= 4 is 0 Å². The summed E-state index contributed by atoms with van der Waals surface area (Å²) in [5, 5.41) is 6.88. The van der Waals surface area contributed by atoms with Crippen LogP contribution in [0.2, 0.25) is 0 Å². The summed E-state index contributed by atoms with van der Waals surface area (Å²) in [7, 11) is 0. The standard InChI is InChI=1S/C12H27N3/c1-12(2)11-14-5-3-4-8-15-9-6-13-7-10-15/h12-14H,3-11H2,1-2H3. The van der Waals surface area contributed by atoms with Gasteiger partial charge in [0.15, 0.2) is 0 Å². The Morgan fingerprint density at radius 1 is 1.20 bits per heavy atom. The first-order chi connectivity index (χ1) is 7.29. The van der Waals surface area contributed by atoms with E-state index in [0.717, 1.165) is 12.5 Å². The zero-order valence-electron chi connectivity index (χ0n) is 10.4. The highest BCUT2D eigenvalue weighted by Crippen LogP contribution is 1.97. The molecule has 0 aliphatic carbocycles. The Labute approximate surface area is 94.6 Å². The van der Waals surface area contributed by atoms with E-state index in [9.17, 15) is 0 Å². The van der Waals surface area contributed by atoms with Gasteiger partial charge in [-0.1, -0.05) is 13.8 Å². The van der Waals surface area contributed by atoms with E-state index >= 15 is 0 Å². The Hall–Kier alpha value is -0.120. The predicted molar refractivity (Wildman–Crippen MR) is 66.3 cm³/mol. The van der Waals surface area contributed by atoms with Gasteiger partial charge in [0.1, 0.15) is 0 Å². The number of piperazine rings is 1. The smallest absolute Gasteiger partial charge is 0.0107 e. The van der Waals surface area contributed by atoms with Gasteiger partial charge in [-0.2, -0.15) is 0 Å². The van der Waals surface area contributed by atoms with Crippen LogP contribution in [-0.2, 0) is 0 Å². The van der Waals surface area contributed by atoms with Gasteiger partial charge in [0.25, 0.3) is 0 Å². The lowest BCUT2D eigenvalue weighted by Crippen LogP contribution is -2.43. The van der Waals surface area contributed by atoms with Gasteiger partial charge < -0.3 is 15.5 Å². The fraction of sp³-hybridized carbons (Fsp3) is 1.00. The maximum Gasteiger partial charge on any atom is 0.0107 e. The minimum absolute atomic E-state index is 0.776. The Bertz CT molecular complexity index is 142. The van der Waals surface area contributed by atoms with Crippen LogP contribution >= 0.6 is 0 Å². The lowest BCUT2D eigenvalue weighted by Gasteiger charge is -2.27. The number of nitrogens with one attached hydrogen (secondary N) is 2. The molecule has 1 aliphatic rings. The molecule has 90 valence electrons. The summed E-state index contributed by atoms with van der Waals surface area (Å²) in [6, 6.07) is 0. The second kappa shape index (κ2) is 8.08. The van der Waals surface area contributed by atoms with E-state index in [1.54, 1.807) is 0 Å². The van der Waals surface area contributed by atoms with Crippen molar-refractivity contribution in [3.8, 4) is 0 Å². The summed E-state index contributed by atoms with van der Waals surface area (Å²) < 4.78 is 0. The third-order valence-corrected chi connectivity index (χ3v) is 2.84. The molecule has 0 saturated carbocycles. The van der Waals surface area contributed by atoms with Gasteiger partial charge in [0, 0.05) is 26.2 Å². The summed E-state index contributed by atoms with van der Waals surface area (Å²) in [5.74, 6) is 0.776. The molecule has 3 heteroatoms. The topological polar surface area (TPSA) is 27.3 Å². The van der Waals surface area contributed by atoms with Crippen molar-refractivity contribution in [3.63, 3.8) is 0 Å². The number of rotatable bonds is 7. The Morgan fingerprint density at radius 2 is 1.93 bits per heavy atom. The molecule has 1 heterocycles. The number of nitrogens with zero attached hydrogens (tertiary/aromatic N) is 1. The fourth-order valence-electron chi connectivity index (χ4n) is 1.91. The van der Waals surface area contributed by atoms with Gasteiger partial charge in [-0.3, -0.25) is 0 Å². The zero-order valence-corrected chi connectivity index (χ0v) is 10.4. The van der Waals surface area contributed by atoms with Gasteiger partial charge in [0.05, 0.1) is 0 Å². The van der Waals surface area contributed by atoms with E-state index < -0.39 is 0 Å². The molecular weight excluding hydrogens is 186 g/mol. The van der Waals surface area contributed by atoms with Crippen LogP contribution in [0.4, 0.5) is 0 Å². The first-order valence-corrected chi connectivity index (χ1v) is 6.43. The largest absolute Gasteiger partial charge is 0.316 e. The average molecular weight is 213 g/mol. The van der Waals surface area contributed by atoms with Crippen LogP contribution in [0.25, 0.3) is 0 Å². The first-order valence-electron chi connectivity index (χ1n) is 6.43. The zero-order chi connectivity index (χ0) is 10.9. The molecule has 0 atom stereocenters. The molecule has 0 amide bonds. The molecule has 0 aromatic carbocycles. The minimum atomic E-state index is 0.776. The van der Waals surface area contributed by atoms with Crippen molar-refractivity contribution in [3.05, 3.63) is 0 Å². The van der Waals surface area contributed by atoms with E-state index in [1.807, 2.05) is 0 Å². The van der Waals surface area contributed by atoms with Crippen LogP contribution in [0.3, 0.4) is 0 Å². The molecule has 3 nitrogen and oxygen atoms in total. The predicted octanol–water partition coefficient (Wildman–Crippen LogP) is 0.917. The van der Waals surface area contributed by atoms with Crippen LogP contribution in [0.5, 0.6) is 0 Å². The van der Waals surface area contributed by atoms with Crippen molar-refractivity contribution in [2.45, 2.75) is 26.7 Å². The van der Waals surface area contributed by atoms with E-state index in [2.05, 4.69) is 29.4 Å². The lowest BCUT2D eigenvalue weighted by atomic mass is 10.2. The van der Waals surface area contributed by atoms with Crippen molar-refractivity contribution in [1.29, 1.82) is 0 Å². The van der Waals surface area contributed by atoms with E-state index in [4.69, 9.17) is 0 Å². The Morgan fingerprint density at radius 3 is 2.60 bits per heavy atom. The Balaban J connectivity index is 1.83. The molecule has 1 rings (SSSR count). The summed E-state index contributed by atoms with van der Waals surface area (Å²) in [5.41, 5.74) is 0. The van der Waals surface area contributed by atoms with Gasteiger partial charge in [0.2, 0.25) is 0 Å². The molecule has 0 unspecified atom stereocenters. The van der Waals surface area contributed by atoms with Crippen LogP contribution < -0.4 is 10.6 Å². The molecule has 0 aromatic heterocycles. The van der Waals surface area contributed by atoms with Crippen molar-refractivity contribution in [2.75, 3.05) is 45.8 Å². The molecule has 2 N–H and O–H groups in total. The molecule has 0 spiro atoms. The maximum absolute atomic E-state index is 3.49. The van der Waals surface area contributed by atoms with Crippen LogP contribution in [0, 0.1) is 5.92 Å². The van der Waals surface area contributed by atoms with E-state index in [-0.39, 0.29) is 0 Å². The highest BCUT2D eigenvalue weighted by atomic mass is 15.2. The second-order valence-electron chi connectivity index (χ2n) is 4.90. The molecule has 0 radical (unpaired) electrons. The van der Waals surface area contributed by atoms with Gasteiger partial charge in [-0.15, -0.1) is 0 Å². The minimum Gasteiger partial charge on any atom is -0.316 e. The summed E-state index contributed by atoms with van der Waals surface area (Å²) in [6.45, 7) is 13.0. The molecule has 0 aromatic rings.